The summed E-state index contributed by atoms with van der Waals surface area (Å²) in [6, 6.07) is 11.5. The van der Waals surface area contributed by atoms with Gasteiger partial charge in [0.1, 0.15) is 5.82 Å². The Balaban J connectivity index is 2.07. The normalized spacial score (nSPS) is 12.4. The lowest BCUT2D eigenvalue weighted by atomic mass is 10.2. The van der Waals surface area contributed by atoms with Gasteiger partial charge in [-0.15, -0.1) is 0 Å². The van der Waals surface area contributed by atoms with Crippen LogP contribution in [0.4, 0.5) is 4.39 Å². The molecule has 0 N–H and O–H groups in total. The van der Waals surface area contributed by atoms with Gasteiger partial charge in [0.2, 0.25) is 0 Å². The molecular weight excluding hydrogens is 306 g/mol. The van der Waals surface area contributed by atoms with Gasteiger partial charge in [-0.3, -0.25) is 4.21 Å². The molecule has 0 fully saturated rings. The number of benzene rings is 2. The summed E-state index contributed by atoms with van der Waals surface area (Å²) in [5, 5.41) is 0.941. The minimum Gasteiger partial charge on any atom is -0.259 e. The predicted molar refractivity (Wildman–Crippen MR) is 78.4 cm³/mol. The highest BCUT2D eigenvalue weighted by Crippen LogP contribution is 2.21. The molecule has 2 aromatic carbocycles. The molecule has 0 aliphatic carbocycles. The van der Waals surface area contributed by atoms with Crippen LogP contribution in [0.25, 0.3) is 0 Å². The number of halogens is 3. The zero-order valence-corrected chi connectivity index (χ0v) is 12.2. The molecule has 0 saturated heterocycles. The molecule has 1 atom stereocenters. The van der Waals surface area contributed by atoms with E-state index >= 15 is 0 Å². The summed E-state index contributed by atoms with van der Waals surface area (Å²) in [6.07, 6.45) is 0. The Morgan fingerprint density at radius 3 is 2.32 bits per heavy atom. The van der Waals surface area contributed by atoms with E-state index in [-0.39, 0.29) is 5.75 Å². The van der Waals surface area contributed by atoms with E-state index in [2.05, 4.69) is 0 Å². The van der Waals surface area contributed by atoms with Crippen molar-refractivity contribution in [1.29, 1.82) is 0 Å². The van der Waals surface area contributed by atoms with Crippen LogP contribution in [0.15, 0.2) is 42.5 Å². The van der Waals surface area contributed by atoms with Crippen LogP contribution < -0.4 is 0 Å². The quantitative estimate of drug-likeness (QED) is 0.806. The van der Waals surface area contributed by atoms with Gasteiger partial charge in [0.05, 0.1) is 5.75 Å². The monoisotopic (exact) mass is 316 g/mol. The van der Waals surface area contributed by atoms with E-state index in [1.54, 1.807) is 18.2 Å². The van der Waals surface area contributed by atoms with Crippen molar-refractivity contribution in [3.05, 3.63) is 69.5 Å². The molecule has 1 unspecified atom stereocenters. The van der Waals surface area contributed by atoms with Gasteiger partial charge in [-0.25, -0.2) is 4.39 Å². The Morgan fingerprint density at radius 2 is 1.68 bits per heavy atom. The second-order valence-corrected chi connectivity index (χ2v) is 6.36. The van der Waals surface area contributed by atoms with Crippen LogP contribution in [-0.4, -0.2) is 4.21 Å². The first kappa shape index (κ1) is 14.5. The Hall–Kier alpha value is -0.900. The van der Waals surface area contributed by atoms with Crippen molar-refractivity contribution < 1.29 is 8.60 Å². The summed E-state index contributed by atoms with van der Waals surface area (Å²) < 4.78 is 25.6. The van der Waals surface area contributed by atoms with Crippen molar-refractivity contribution in [2.24, 2.45) is 0 Å². The third-order valence-electron chi connectivity index (χ3n) is 2.61. The highest BCUT2D eigenvalue weighted by atomic mass is 35.5. The van der Waals surface area contributed by atoms with E-state index in [0.717, 1.165) is 5.56 Å². The molecule has 0 aliphatic heterocycles. The zero-order chi connectivity index (χ0) is 13.8. The summed E-state index contributed by atoms with van der Waals surface area (Å²) in [4.78, 5) is 0. The molecule has 0 aromatic heterocycles. The zero-order valence-electron chi connectivity index (χ0n) is 9.91. The first-order valence-corrected chi connectivity index (χ1v) is 7.83. The molecule has 100 valence electrons. The minimum atomic E-state index is -1.22. The topological polar surface area (TPSA) is 17.1 Å². The smallest absolute Gasteiger partial charge is 0.128 e. The van der Waals surface area contributed by atoms with Gasteiger partial charge in [-0.1, -0.05) is 41.4 Å². The Kier molecular flexibility index (Phi) is 4.97. The largest absolute Gasteiger partial charge is 0.259 e. The lowest BCUT2D eigenvalue weighted by Crippen LogP contribution is -2.02. The maximum Gasteiger partial charge on any atom is 0.128 e. The maximum absolute atomic E-state index is 13.6. The maximum atomic E-state index is 13.6. The van der Waals surface area contributed by atoms with Crippen LogP contribution in [0.3, 0.4) is 0 Å². The van der Waals surface area contributed by atoms with Crippen LogP contribution in [-0.2, 0) is 22.3 Å². The Labute approximate surface area is 123 Å². The van der Waals surface area contributed by atoms with E-state index in [9.17, 15) is 8.60 Å². The first-order chi connectivity index (χ1) is 9.06. The van der Waals surface area contributed by atoms with E-state index in [1.807, 2.05) is 12.1 Å². The summed E-state index contributed by atoms with van der Waals surface area (Å²) in [6.45, 7) is 0. The molecule has 0 radical (unpaired) electrons. The molecule has 19 heavy (non-hydrogen) atoms. The fourth-order valence-corrected chi connectivity index (χ4v) is 3.37. The third-order valence-corrected chi connectivity index (χ3v) is 4.48. The average Bonchev–Trinajstić information content (AvgIpc) is 2.37. The van der Waals surface area contributed by atoms with Crippen LogP contribution >= 0.6 is 23.2 Å². The van der Waals surface area contributed by atoms with Crippen LogP contribution in [0, 0.1) is 5.82 Å². The molecular formula is C14H11Cl2FOS. The molecule has 0 saturated carbocycles. The summed E-state index contributed by atoms with van der Waals surface area (Å²) in [7, 11) is -1.22. The molecule has 2 rings (SSSR count). The summed E-state index contributed by atoms with van der Waals surface area (Å²) >= 11 is 11.7. The van der Waals surface area contributed by atoms with Gasteiger partial charge >= 0.3 is 0 Å². The highest BCUT2D eigenvalue weighted by molar-refractivity contribution is 7.83. The number of hydrogen-bond acceptors (Lipinski definition) is 1. The molecule has 5 heteroatoms. The standard InChI is InChI=1S/C14H11Cl2FOS/c15-11-6-4-10(5-7-11)8-19(18)9-12-13(16)2-1-3-14(12)17/h1-7H,8-9H2. The van der Waals surface area contributed by atoms with Crippen LogP contribution in [0.2, 0.25) is 10.0 Å². The van der Waals surface area contributed by atoms with Gasteiger partial charge in [0.15, 0.2) is 0 Å². The van der Waals surface area contributed by atoms with Crippen molar-refractivity contribution in [3.63, 3.8) is 0 Å². The average molecular weight is 317 g/mol. The molecule has 0 spiro atoms. The van der Waals surface area contributed by atoms with Gasteiger partial charge < -0.3 is 0 Å². The lowest BCUT2D eigenvalue weighted by molar-refractivity contribution is 0.615. The van der Waals surface area contributed by atoms with Crippen molar-refractivity contribution >= 4 is 34.0 Å². The fourth-order valence-electron chi connectivity index (χ4n) is 1.65. The predicted octanol–water partition coefficient (Wildman–Crippen LogP) is 4.58. The Bertz CT molecular complexity index is 579. The molecule has 2 aromatic rings. The van der Waals surface area contributed by atoms with Crippen LogP contribution in [0.1, 0.15) is 11.1 Å². The molecule has 0 bridgehead atoms. The molecule has 1 nitrogen and oxygen atoms in total. The van der Waals surface area contributed by atoms with Crippen molar-refractivity contribution in [3.8, 4) is 0 Å². The molecule has 0 heterocycles. The Morgan fingerprint density at radius 1 is 1.00 bits per heavy atom. The summed E-state index contributed by atoms with van der Waals surface area (Å²) in [5.74, 6) is 0.0348. The highest BCUT2D eigenvalue weighted by Gasteiger charge is 2.11. The van der Waals surface area contributed by atoms with E-state index in [4.69, 9.17) is 23.2 Å². The van der Waals surface area contributed by atoms with Gasteiger partial charge in [0.25, 0.3) is 0 Å². The van der Waals surface area contributed by atoms with Crippen LogP contribution in [0.5, 0.6) is 0 Å². The van der Waals surface area contributed by atoms with Gasteiger partial charge in [-0.2, -0.15) is 0 Å². The van der Waals surface area contributed by atoms with E-state index in [0.29, 0.717) is 21.4 Å². The molecule has 0 aliphatic rings. The van der Waals surface area contributed by atoms with Crippen molar-refractivity contribution in [2.75, 3.05) is 0 Å². The van der Waals surface area contributed by atoms with E-state index < -0.39 is 16.6 Å². The second kappa shape index (κ2) is 6.51. The number of hydrogen-bond donors (Lipinski definition) is 0. The fraction of sp³-hybridized carbons (Fsp3) is 0.143. The molecule has 0 amide bonds. The second-order valence-electron chi connectivity index (χ2n) is 4.06. The lowest BCUT2D eigenvalue weighted by Gasteiger charge is -2.06. The number of rotatable bonds is 4. The SMILES string of the molecule is O=S(Cc1ccc(Cl)cc1)Cc1c(F)cccc1Cl. The minimum absolute atomic E-state index is 0.105. The van der Waals surface area contributed by atoms with Crippen molar-refractivity contribution in [2.45, 2.75) is 11.5 Å². The first-order valence-electron chi connectivity index (χ1n) is 5.58. The summed E-state index contributed by atoms with van der Waals surface area (Å²) in [5.41, 5.74) is 1.20. The van der Waals surface area contributed by atoms with Gasteiger partial charge in [-0.05, 0) is 29.8 Å². The van der Waals surface area contributed by atoms with E-state index in [1.165, 1.54) is 12.1 Å². The third kappa shape index (κ3) is 4.03. The van der Waals surface area contributed by atoms with Gasteiger partial charge in [0, 0.05) is 32.2 Å². The van der Waals surface area contributed by atoms with Crippen molar-refractivity contribution in [1.82, 2.24) is 0 Å².